The summed E-state index contributed by atoms with van der Waals surface area (Å²) in [5.74, 6) is 0. The number of rotatable bonds is 21. The highest BCUT2D eigenvalue weighted by molar-refractivity contribution is 5.67. The van der Waals surface area contributed by atoms with Crippen molar-refractivity contribution in [3.05, 3.63) is 0 Å². The molecule has 0 unspecified atom stereocenters. The lowest BCUT2D eigenvalue weighted by atomic mass is 10.2. The maximum absolute atomic E-state index is 11.8. The first kappa shape index (κ1) is 30.0. The summed E-state index contributed by atoms with van der Waals surface area (Å²) in [6, 6.07) is 0. The van der Waals surface area contributed by atoms with Gasteiger partial charge in [-0.25, -0.2) is 4.79 Å². The van der Waals surface area contributed by atoms with Crippen LogP contribution >= 0.6 is 0 Å². The molecule has 0 radical (unpaired) electrons. The molecule has 0 aliphatic carbocycles. The molecule has 0 heterocycles. The number of carbonyl (C=O) groups is 1. The predicted octanol–water partition coefficient (Wildman–Crippen LogP) is 1.17. The maximum Gasteiger partial charge on any atom is 0.410 e. The van der Waals surface area contributed by atoms with Crippen LogP contribution in [0.5, 0.6) is 0 Å². The van der Waals surface area contributed by atoms with Crippen LogP contribution in [0, 0.1) is 0 Å². The average Bonchev–Trinajstić information content (AvgIpc) is 2.71. The van der Waals surface area contributed by atoms with Crippen LogP contribution < -0.4 is 5.32 Å². The minimum Gasteiger partial charge on any atom is -0.444 e. The Labute approximate surface area is 187 Å². The van der Waals surface area contributed by atoms with E-state index in [4.69, 9.17) is 33.2 Å². The Balaban J connectivity index is 3.21. The summed E-state index contributed by atoms with van der Waals surface area (Å²) in [7, 11) is 3.58. The standard InChI is InChI=1S/C21H44N2O8/c1-21(2,3)31-20(24)23(5)7-9-26-11-13-28-15-17-30-19-18-29-16-14-27-12-10-25-8-6-22-4/h22H,6-19H2,1-5H3. The average molecular weight is 453 g/mol. The van der Waals surface area contributed by atoms with E-state index in [0.29, 0.717) is 85.8 Å². The van der Waals surface area contributed by atoms with E-state index in [-0.39, 0.29) is 6.09 Å². The molecule has 0 fully saturated rings. The van der Waals surface area contributed by atoms with Gasteiger partial charge in [0.05, 0.1) is 79.3 Å². The Kier molecular flexibility index (Phi) is 20.2. The molecule has 0 aliphatic rings. The normalized spacial score (nSPS) is 11.6. The van der Waals surface area contributed by atoms with Crippen LogP contribution in [0.25, 0.3) is 0 Å². The fourth-order valence-electron chi connectivity index (χ4n) is 2.01. The van der Waals surface area contributed by atoms with Gasteiger partial charge in [0.15, 0.2) is 0 Å². The summed E-state index contributed by atoms with van der Waals surface area (Å²) in [5.41, 5.74) is -0.496. The van der Waals surface area contributed by atoms with Gasteiger partial charge in [-0.05, 0) is 27.8 Å². The van der Waals surface area contributed by atoms with Crippen molar-refractivity contribution in [2.24, 2.45) is 0 Å². The van der Waals surface area contributed by atoms with Crippen molar-refractivity contribution < 1.29 is 38.0 Å². The van der Waals surface area contributed by atoms with Gasteiger partial charge >= 0.3 is 6.09 Å². The number of nitrogens with one attached hydrogen (secondary N) is 1. The largest absolute Gasteiger partial charge is 0.444 e. The van der Waals surface area contributed by atoms with E-state index >= 15 is 0 Å². The van der Waals surface area contributed by atoms with Crippen LogP contribution in [0.15, 0.2) is 0 Å². The molecule has 0 spiro atoms. The molecule has 0 atom stereocenters. The monoisotopic (exact) mass is 452 g/mol. The molecule has 186 valence electrons. The lowest BCUT2D eigenvalue weighted by Gasteiger charge is -2.24. The molecule has 1 N–H and O–H groups in total. The summed E-state index contributed by atoms with van der Waals surface area (Å²) >= 11 is 0. The second-order valence-electron chi connectivity index (χ2n) is 7.68. The van der Waals surface area contributed by atoms with Gasteiger partial charge in [0.2, 0.25) is 0 Å². The number of likely N-dealkylation sites (N-methyl/N-ethyl adjacent to an activating group) is 2. The zero-order valence-electron chi connectivity index (χ0n) is 20.1. The zero-order valence-corrected chi connectivity index (χ0v) is 20.1. The minimum absolute atomic E-state index is 0.355. The third-order valence-corrected chi connectivity index (χ3v) is 3.63. The topological polar surface area (TPSA) is 97.0 Å². The summed E-state index contributed by atoms with van der Waals surface area (Å²) in [6.07, 6.45) is -0.355. The van der Waals surface area contributed by atoms with E-state index in [2.05, 4.69) is 5.32 Å². The number of amides is 1. The SMILES string of the molecule is CNCCOCCOCCOCCOCCOCCOCCN(C)C(=O)OC(C)(C)C. The molecule has 31 heavy (non-hydrogen) atoms. The van der Waals surface area contributed by atoms with Gasteiger partial charge in [-0.3, -0.25) is 0 Å². The highest BCUT2D eigenvalue weighted by Gasteiger charge is 2.19. The molecule has 0 bridgehead atoms. The summed E-state index contributed by atoms with van der Waals surface area (Å²) in [6.45, 7) is 13.2. The van der Waals surface area contributed by atoms with Gasteiger partial charge in [-0.1, -0.05) is 0 Å². The van der Waals surface area contributed by atoms with Crippen LogP contribution in [0.2, 0.25) is 0 Å². The summed E-state index contributed by atoms with van der Waals surface area (Å²) in [4.78, 5) is 13.3. The molecule has 1 amide bonds. The van der Waals surface area contributed by atoms with Crippen molar-refractivity contribution in [2.45, 2.75) is 26.4 Å². The number of hydrogen-bond donors (Lipinski definition) is 1. The molecular weight excluding hydrogens is 408 g/mol. The molecular formula is C21H44N2O8. The first-order chi connectivity index (χ1) is 14.9. The van der Waals surface area contributed by atoms with Crippen LogP contribution in [0.3, 0.4) is 0 Å². The molecule has 0 aromatic heterocycles. The Morgan fingerprint density at radius 3 is 1.39 bits per heavy atom. The van der Waals surface area contributed by atoms with Crippen molar-refractivity contribution in [3.63, 3.8) is 0 Å². The second-order valence-corrected chi connectivity index (χ2v) is 7.68. The minimum atomic E-state index is -0.496. The predicted molar refractivity (Wildman–Crippen MR) is 118 cm³/mol. The van der Waals surface area contributed by atoms with E-state index in [9.17, 15) is 4.79 Å². The van der Waals surface area contributed by atoms with Crippen LogP contribution in [-0.2, 0) is 33.2 Å². The van der Waals surface area contributed by atoms with Crippen LogP contribution in [-0.4, -0.2) is 123 Å². The molecule has 0 aromatic rings. The molecule has 0 saturated heterocycles. The lowest BCUT2D eigenvalue weighted by Crippen LogP contribution is -2.36. The third-order valence-electron chi connectivity index (χ3n) is 3.63. The van der Waals surface area contributed by atoms with Gasteiger partial charge in [0.25, 0.3) is 0 Å². The van der Waals surface area contributed by atoms with Crippen molar-refractivity contribution in [1.82, 2.24) is 10.2 Å². The molecule has 0 aliphatic heterocycles. The number of ether oxygens (including phenoxy) is 7. The molecule has 0 rings (SSSR count). The summed E-state index contributed by atoms with van der Waals surface area (Å²) in [5, 5.41) is 3.01. The highest BCUT2D eigenvalue weighted by Crippen LogP contribution is 2.08. The number of carbonyl (C=O) groups excluding carboxylic acids is 1. The quantitative estimate of drug-likeness (QED) is 0.257. The van der Waals surface area contributed by atoms with E-state index in [0.717, 1.165) is 6.54 Å². The van der Waals surface area contributed by atoms with Gasteiger partial charge in [0.1, 0.15) is 5.60 Å². The van der Waals surface area contributed by atoms with Crippen LogP contribution in [0.4, 0.5) is 4.79 Å². The first-order valence-corrected chi connectivity index (χ1v) is 10.9. The molecule has 0 saturated carbocycles. The van der Waals surface area contributed by atoms with Crippen molar-refractivity contribution in [3.8, 4) is 0 Å². The number of hydrogen-bond acceptors (Lipinski definition) is 9. The van der Waals surface area contributed by atoms with Crippen molar-refractivity contribution in [1.29, 1.82) is 0 Å². The highest BCUT2D eigenvalue weighted by atomic mass is 16.6. The molecule has 10 nitrogen and oxygen atoms in total. The van der Waals surface area contributed by atoms with E-state index < -0.39 is 5.60 Å². The maximum atomic E-state index is 11.8. The fourth-order valence-corrected chi connectivity index (χ4v) is 2.01. The smallest absolute Gasteiger partial charge is 0.410 e. The Morgan fingerprint density at radius 2 is 1.03 bits per heavy atom. The first-order valence-electron chi connectivity index (χ1n) is 10.9. The van der Waals surface area contributed by atoms with E-state index in [1.807, 2.05) is 27.8 Å². The lowest BCUT2D eigenvalue weighted by molar-refractivity contribution is -0.0177. The zero-order chi connectivity index (χ0) is 23.2. The van der Waals surface area contributed by atoms with Gasteiger partial charge in [0, 0.05) is 20.1 Å². The third kappa shape index (κ3) is 23.5. The Morgan fingerprint density at radius 1 is 0.677 bits per heavy atom. The molecule has 0 aromatic carbocycles. The van der Waals surface area contributed by atoms with Crippen molar-refractivity contribution >= 4 is 6.09 Å². The second kappa shape index (κ2) is 20.9. The fraction of sp³-hybridized carbons (Fsp3) is 0.952. The van der Waals surface area contributed by atoms with E-state index in [1.165, 1.54) is 4.90 Å². The number of nitrogens with zero attached hydrogens (tertiary/aromatic N) is 1. The van der Waals surface area contributed by atoms with Crippen molar-refractivity contribution in [2.75, 3.05) is 106 Å². The Bertz CT molecular complexity index is 407. The van der Waals surface area contributed by atoms with Crippen LogP contribution in [0.1, 0.15) is 20.8 Å². The Hall–Kier alpha value is -1.01. The van der Waals surface area contributed by atoms with Gasteiger partial charge in [-0.2, -0.15) is 0 Å². The van der Waals surface area contributed by atoms with Gasteiger partial charge < -0.3 is 43.4 Å². The summed E-state index contributed by atoms with van der Waals surface area (Å²) < 4.78 is 37.7. The molecule has 10 heteroatoms. The van der Waals surface area contributed by atoms with Gasteiger partial charge in [-0.15, -0.1) is 0 Å². The van der Waals surface area contributed by atoms with E-state index in [1.54, 1.807) is 7.05 Å².